The first-order valence-corrected chi connectivity index (χ1v) is 2.19. The molecule has 0 atom stereocenters. The average molecular weight is 496 g/mol. The van der Waals surface area contributed by atoms with Crippen molar-refractivity contribution in [2.75, 3.05) is 0 Å². The van der Waals surface area contributed by atoms with Crippen molar-refractivity contribution in [1.82, 2.24) is 0 Å². The molecule has 22 heteroatoms. The molecule has 0 fully saturated rings. The normalized spacial score (nSPS) is 3.27. The molecule has 0 amide bonds. The number of hydrogen-bond acceptors (Lipinski definition) is 18. The molecule has 0 aromatic heterocycles. The molecule has 18 nitrogen and oxygen atoms in total. The van der Waals surface area contributed by atoms with Gasteiger partial charge in [0.05, 0.1) is 0 Å². The maximum atomic E-state index is 8.00. The summed E-state index contributed by atoms with van der Waals surface area (Å²) in [6, 6.07) is 0. The summed E-state index contributed by atoms with van der Waals surface area (Å²) in [6.45, 7) is 0. The summed E-state index contributed by atoms with van der Waals surface area (Å²) in [5, 5.41) is 54.0. The van der Waals surface area contributed by atoms with Crippen LogP contribution in [-0.4, -0.2) is 0 Å². The second-order valence-corrected chi connectivity index (χ2v) is 0.447. The maximum absolute atomic E-state index is 8.00. The smallest absolute Gasteiger partial charge is 0.444 e. The van der Waals surface area contributed by atoms with Crippen molar-refractivity contribution < 1.29 is 174 Å². The summed E-state index contributed by atoms with van der Waals surface area (Å²) in [6.07, 6.45) is 0. The van der Waals surface area contributed by atoms with E-state index < -0.39 is 0 Å². The Kier molecular flexibility index (Phi) is 517. The fourth-order valence-electron chi connectivity index (χ4n) is 0. The van der Waals surface area contributed by atoms with E-state index in [0.29, 0.717) is 0 Å². The van der Waals surface area contributed by atoms with Gasteiger partial charge in [-0.3, -0.25) is 0 Å². The Hall–Kier alpha value is 1.93. The number of nitrogens with zero attached hydrogens (tertiary/aromatic N) is 6. The van der Waals surface area contributed by atoms with Crippen molar-refractivity contribution in [3.05, 3.63) is 60.7 Å². The second-order valence-electron chi connectivity index (χ2n) is 0.447. The molecule has 0 rings (SSSR count). The third-order valence-electron chi connectivity index (χ3n) is 0. The van der Waals surface area contributed by atoms with Gasteiger partial charge in [0.1, 0.15) is 0 Å². The quantitative estimate of drug-likeness (QED) is 0.171. The predicted molar refractivity (Wildman–Crippen MR) is 55.0 cm³/mol. The summed E-state index contributed by atoms with van der Waals surface area (Å²) < 4.78 is 0. The molecule has 0 aliphatic carbocycles. The second kappa shape index (κ2) is 175. The van der Waals surface area contributed by atoms with Crippen LogP contribution in [0.3, 0.4) is 0 Å². The van der Waals surface area contributed by atoms with Crippen LogP contribution in [0.2, 0.25) is 0 Å². The summed E-state index contributed by atoms with van der Waals surface area (Å²) in [5.41, 5.74) is 0. The van der Waals surface area contributed by atoms with Crippen LogP contribution in [0.15, 0.2) is 32.0 Å². The minimum absolute atomic E-state index is 0. The topological polar surface area (TPSA) is 315 Å². The maximum Gasteiger partial charge on any atom is 1.00 e. The summed E-state index contributed by atoms with van der Waals surface area (Å²) in [4.78, 5) is 48.0. The van der Waals surface area contributed by atoms with E-state index in [4.69, 9.17) is 60.7 Å². The molecule has 0 aromatic rings. The Morgan fingerprint density at radius 2 is 0.364 bits per heavy atom. The largest absolute Gasteiger partial charge is 1.00 e. The molecule has 0 heterocycles. The van der Waals surface area contributed by atoms with Crippen molar-refractivity contribution in [2.45, 2.75) is 0 Å². The van der Waals surface area contributed by atoms with Gasteiger partial charge in [-0.1, -0.05) is 0 Å². The summed E-state index contributed by atoms with van der Waals surface area (Å²) in [5.74, 6) is 0. The predicted octanol–water partition coefficient (Wildman–Crippen LogP) is -7.49. The van der Waals surface area contributed by atoms with Gasteiger partial charge in [-0.05, 0) is 0 Å². The van der Waals surface area contributed by atoms with Gasteiger partial charge in [-0.15, -0.1) is 32.0 Å². The Morgan fingerprint density at radius 1 is 0.364 bits per heavy atom. The van der Waals surface area contributed by atoms with Crippen molar-refractivity contribution in [3.63, 3.8) is 0 Å². The minimum atomic E-state index is 0. The Bertz CT molecular complexity index is 126. The van der Waals surface area contributed by atoms with E-state index in [0.717, 1.165) is 32.0 Å². The Labute approximate surface area is 260 Å². The van der Waals surface area contributed by atoms with Crippen molar-refractivity contribution in [3.8, 4) is 0 Å². The molecule has 117 valence electrons. The van der Waals surface area contributed by atoms with E-state index in [-0.39, 0.29) is 174 Å². The van der Waals surface area contributed by atoms with E-state index in [1.54, 1.807) is 0 Å². The molecule has 0 spiro atoms. The van der Waals surface area contributed by atoms with Gasteiger partial charge in [-0.2, -0.15) is 0 Å². The molecule has 0 aromatic carbocycles. The van der Waals surface area contributed by atoms with Gasteiger partial charge >= 0.3 is 154 Å². The van der Waals surface area contributed by atoms with E-state index in [9.17, 15) is 0 Å². The molecule has 0 unspecified atom stereocenters. The van der Waals surface area contributed by atoms with Crippen LogP contribution in [0, 0.1) is 60.7 Å². The van der Waals surface area contributed by atoms with Gasteiger partial charge in [0.15, 0.2) is 0 Å². The zero-order chi connectivity index (χ0) is 16.2. The third kappa shape index (κ3) is 2570. The van der Waals surface area contributed by atoms with Crippen LogP contribution in [0.5, 0.6) is 0 Å². The third-order valence-corrected chi connectivity index (χ3v) is 0. The van der Waals surface area contributed by atoms with Crippen molar-refractivity contribution in [2.24, 2.45) is 32.0 Å². The van der Waals surface area contributed by atoms with Crippen LogP contribution < -0.4 is 154 Å². The zero-order valence-electron chi connectivity index (χ0n) is 10.9. The van der Waals surface area contributed by atoms with Crippen molar-refractivity contribution in [1.29, 1.82) is 0 Å². The summed E-state index contributed by atoms with van der Waals surface area (Å²) in [7, 11) is 0. The number of rotatable bonds is 0. The Morgan fingerprint density at radius 3 is 0.364 bits per heavy atom. The molecule has 0 aliphatic heterocycles. The molecular formula is K3N6O12Rh-3. The van der Waals surface area contributed by atoms with Crippen molar-refractivity contribution >= 4 is 0 Å². The van der Waals surface area contributed by atoms with Crippen LogP contribution in [-0.2, 0) is 19.5 Å². The van der Waals surface area contributed by atoms with E-state index >= 15 is 0 Å². The first-order chi connectivity index (χ1) is 8.49. The standard InChI is InChI=1S/3K.6HNO2.Rh/c;;;6*2-1-3;/h;;;6*(H,2,3);/q3*+1;;;;;;;/p-6. The van der Waals surface area contributed by atoms with Gasteiger partial charge in [0, 0.05) is 19.5 Å². The fourth-order valence-corrected chi connectivity index (χ4v) is 0. The molecule has 1 radical (unpaired) electrons. The fraction of sp³-hybridized carbons (Fsp3) is 0. The van der Waals surface area contributed by atoms with Crippen LogP contribution in [0.4, 0.5) is 0 Å². The molecule has 0 bridgehead atoms. The van der Waals surface area contributed by atoms with Crippen LogP contribution in [0.1, 0.15) is 0 Å². The van der Waals surface area contributed by atoms with E-state index in [1.807, 2.05) is 0 Å². The zero-order valence-corrected chi connectivity index (χ0v) is 21.9. The van der Waals surface area contributed by atoms with Gasteiger partial charge in [0.25, 0.3) is 0 Å². The molecule has 0 aliphatic rings. The monoisotopic (exact) mass is 496 g/mol. The van der Waals surface area contributed by atoms with Crippen LogP contribution in [0.25, 0.3) is 0 Å². The summed E-state index contributed by atoms with van der Waals surface area (Å²) >= 11 is 0. The average Bonchev–Trinajstić information content (AvgIpc) is 2.23. The first kappa shape index (κ1) is 64.8. The molecule has 0 N–H and O–H groups in total. The molecular weight excluding hydrogens is 496 g/mol. The molecule has 0 saturated carbocycles. The van der Waals surface area contributed by atoms with Crippen LogP contribution >= 0.6 is 0 Å². The molecule has 0 saturated heterocycles. The van der Waals surface area contributed by atoms with Gasteiger partial charge in [-0.25, -0.2) is 0 Å². The van der Waals surface area contributed by atoms with Gasteiger partial charge in [0.2, 0.25) is 0 Å². The minimum Gasteiger partial charge on any atom is -0.444 e. The Balaban J connectivity index is -0.00000000947. The van der Waals surface area contributed by atoms with E-state index in [2.05, 4.69) is 0 Å². The van der Waals surface area contributed by atoms with E-state index in [1.165, 1.54) is 0 Å². The molecule has 22 heavy (non-hydrogen) atoms. The number of hydrogen-bond donors (Lipinski definition) is 0. The SMILES string of the molecule is O=N[O-].O=N[O-].O=N[O-].O=N[O-].O=N[O-].O=N[O-].[K+].[K+].[K+].[Rh]. The van der Waals surface area contributed by atoms with Gasteiger partial charge < -0.3 is 60.7 Å². The first-order valence-electron chi connectivity index (χ1n) is 2.19.